The van der Waals surface area contributed by atoms with Gasteiger partial charge in [-0.25, -0.2) is 4.98 Å². The molecule has 0 unspecified atom stereocenters. The van der Waals surface area contributed by atoms with Crippen LogP contribution < -0.4 is 5.32 Å². The lowest BCUT2D eigenvalue weighted by Gasteiger charge is -2.08. The Labute approximate surface area is 124 Å². The summed E-state index contributed by atoms with van der Waals surface area (Å²) in [6.45, 7) is 0.597. The summed E-state index contributed by atoms with van der Waals surface area (Å²) in [5, 5.41) is 6.21. The third-order valence-electron chi connectivity index (χ3n) is 2.68. The molecule has 2 heterocycles. The fraction of sp³-hybridized carbons (Fsp3) is 0.0769. The molecule has 3 nitrogen and oxygen atoms in total. The maximum Gasteiger partial charge on any atom is 0.224 e. The molecular weight excluding hydrogens is 301 g/mol. The highest BCUT2D eigenvalue weighted by Crippen LogP contribution is 2.28. The molecule has 0 saturated heterocycles. The van der Waals surface area contributed by atoms with Gasteiger partial charge < -0.3 is 5.32 Å². The van der Waals surface area contributed by atoms with Gasteiger partial charge in [0.15, 0.2) is 0 Å². The van der Waals surface area contributed by atoms with Crippen molar-refractivity contribution in [2.75, 3.05) is 5.32 Å². The summed E-state index contributed by atoms with van der Waals surface area (Å²) in [5.41, 5.74) is 1.87. The minimum Gasteiger partial charge on any atom is -0.365 e. The minimum atomic E-state index is 0.243. The number of fused-ring (bicyclic) bond motifs is 1. The number of thiophene rings is 1. The molecule has 0 amide bonds. The van der Waals surface area contributed by atoms with Gasteiger partial charge >= 0.3 is 0 Å². The van der Waals surface area contributed by atoms with Gasteiger partial charge in [-0.05, 0) is 34.7 Å². The van der Waals surface area contributed by atoms with Crippen molar-refractivity contribution < 1.29 is 0 Å². The van der Waals surface area contributed by atoms with Gasteiger partial charge in [-0.15, -0.1) is 11.3 Å². The molecule has 0 atom stereocenters. The predicted octanol–water partition coefficient (Wildman–Crippen LogP) is 4.61. The molecule has 2 aromatic heterocycles. The first kappa shape index (κ1) is 12.7. The second kappa shape index (κ2) is 5.33. The standard InChI is InChI=1S/C13H9Cl2N3S/c14-9-4-2-1-3-8(9)7-16-12-11-10(5-6-19-11)17-13(15)18-12/h1-6H,7H2,(H,16,17,18). The fourth-order valence-electron chi connectivity index (χ4n) is 1.78. The fourth-order valence-corrected chi connectivity index (χ4v) is 2.95. The van der Waals surface area contributed by atoms with Crippen molar-refractivity contribution in [2.24, 2.45) is 0 Å². The van der Waals surface area contributed by atoms with Crippen molar-refractivity contribution in [3.8, 4) is 0 Å². The van der Waals surface area contributed by atoms with E-state index in [1.807, 2.05) is 35.7 Å². The Morgan fingerprint density at radius 1 is 1.11 bits per heavy atom. The maximum absolute atomic E-state index is 6.12. The zero-order valence-corrected chi connectivity index (χ0v) is 12.1. The molecule has 0 aliphatic carbocycles. The summed E-state index contributed by atoms with van der Waals surface area (Å²) in [7, 11) is 0. The topological polar surface area (TPSA) is 37.8 Å². The van der Waals surface area contributed by atoms with Gasteiger partial charge in [0.1, 0.15) is 5.82 Å². The van der Waals surface area contributed by atoms with E-state index in [4.69, 9.17) is 23.2 Å². The summed E-state index contributed by atoms with van der Waals surface area (Å²) < 4.78 is 0.997. The highest BCUT2D eigenvalue weighted by atomic mass is 35.5. The van der Waals surface area contributed by atoms with Crippen LogP contribution in [0.4, 0.5) is 5.82 Å². The van der Waals surface area contributed by atoms with E-state index in [-0.39, 0.29) is 5.28 Å². The quantitative estimate of drug-likeness (QED) is 0.718. The van der Waals surface area contributed by atoms with Gasteiger partial charge in [-0.3, -0.25) is 0 Å². The number of benzene rings is 1. The molecule has 0 saturated carbocycles. The Balaban J connectivity index is 1.90. The summed E-state index contributed by atoms with van der Waals surface area (Å²) in [5.74, 6) is 0.741. The zero-order valence-electron chi connectivity index (χ0n) is 9.73. The van der Waals surface area contributed by atoms with E-state index in [0.717, 1.165) is 26.6 Å². The molecule has 0 aliphatic rings. The number of hydrogen-bond acceptors (Lipinski definition) is 4. The molecule has 0 spiro atoms. The molecule has 96 valence electrons. The summed E-state index contributed by atoms with van der Waals surface area (Å²) in [6.07, 6.45) is 0. The molecule has 0 aliphatic heterocycles. The van der Waals surface area contributed by atoms with Crippen LogP contribution in [0.15, 0.2) is 35.7 Å². The van der Waals surface area contributed by atoms with E-state index in [2.05, 4.69) is 15.3 Å². The van der Waals surface area contributed by atoms with Crippen molar-refractivity contribution in [3.63, 3.8) is 0 Å². The normalized spacial score (nSPS) is 10.8. The number of hydrogen-bond donors (Lipinski definition) is 1. The second-order valence-corrected chi connectivity index (χ2v) is 5.58. The average molecular weight is 310 g/mol. The number of anilines is 1. The Kier molecular flexibility index (Phi) is 3.55. The highest BCUT2D eigenvalue weighted by molar-refractivity contribution is 7.17. The molecule has 6 heteroatoms. The highest BCUT2D eigenvalue weighted by Gasteiger charge is 2.08. The van der Waals surface area contributed by atoms with Crippen LogP contribution in [-0.4, -0.2) is 9.97 Å². The Morgan fingerprint density at radius 2 is 1.95 bits per heavy atom. The van der Waals surface area contributed by atoms with E-state index in [9.17, 15) is 0 Å². The van der Waals surface area contributed by atoms with Crippen molar-refractivity contribution >= 4 is 50.6 Å². The predicted molar refractivity (Wildman–Crippen MR) is 81.2 cm³/mol. The van der Waals surface area contributed by atoms with E-state index in [0.29, 0.717) is 6.54 Å². The second-order valence-electron chi connectivity index (χ2n) is 3.92. The van der Waals surface area contributed by atoms with Crippen LogP contribution in [0.3, 0.4) is 0 Å². The van der Waals surface area contributed by atoms with Crippen LogP contribution in [-0.2, 0) is 6.54 Å². The van der Waals surface area contributed by atoms with Gasteiger partial charge in [0, 0.05) is 11.6 Å². The van der Waals surface area contributed by atoms with E-state index in [1.165, 1.54) is 0 Å². The molecule has 19 heavy (non-hydrogen) atoms. The van der Waals surface area contributed by atoms with Crippen molar-refractivity contribution in [1.29, 1.82) is 0 Å². The van der Waals surface area contributed by atoms with Crippen LogP contribution >= 0.6 is 34.5 Å². The molecule has 3 aromatic rings. The lowest BCUT2D eigenvalue weighted by molar-refractivity contribution is 1.11. The smallest absolute Gasteiger partial charge is 0.224 e. The summed E-state index contributed by atoms with van der Waals surface area (Å²) in [4.78, 5) is 8.40. The summed E-state index contributed by atoms with van der Waals surface area (Å²) >= 11 is 13.6. The van der Waals surface area contributed by atoms with Crippen LogP contribution in [0.25, 0.3) is 10.2 Å². The Hall–Kier alpha value is -1.36. The monoisotopic (exact) mass is 309 g/mol. The van der Waals surface area contributed by atoms with Gasteiger partial charge in [0.25, 0.3) is 0 Å². The van der Waals surface area contributed by atoms with Gasteiger partial charge in [0.2, 0.25) is 5.28 Å². The number of halogens is 2. The first-order valence-corrected chi connectivity index (χ1v) is 7.25. The first-order valence-electron chi connectivity index (χ1n) is 5.62. The molecule has 1 N–H and O–H groups in total. The van der Waals surface area contributed by atoms with E-state index < -0.39 is 0 Å². The maximum atomic E-state index is 6.12. The molecular formula is C13H9Cl2N3S. The average Bonchev–Trinajstić information content (AvgIpc) is 2.85. The first-order chi connectivity index (χ1) is 9.24. The lowest BCUT2D eigenvalue weighted by atomic mass is 10.2. The number of aromatic nitrogens is 2. The molecule has 0 bridgehead atoms. The van der Waals surface area contributed by atoms with Gasteiger partial charge in [0.05, 0.1) is 10.2 Å². The van der Waals surface area contributed by atoms with Gasteiger partial charge in [-0.2, -0.15) is 4.98 Å². The Morgan fingerprint density at radius 3 is 2.79 bits per heavy atom. The third-order valence-corrected chi connectivity index (χ3v) is 4.13. The van der Waals surface area contributed by atoms with Crippen LogP contribution in [0.5, 0.6) is 0 Å². The zero-order chi connectivity index (χ0) is 13.2. The van der Waals surface area contributed by atoms with Crippen LogP contribution in [0, 0.1) is 0 Å². The number of nitrogens with one attached hydrogen (secondary N) is 1. The number of rotatable bonds is 3. The van der Waals surface area contributed by atoms with E-state index >= 15 is 0 Å². The lowest BCUT2D eigenvalue weighted by Crippen LogP contribution is -2.02. The third kappa shape index (κ3) is 2.66. The van der Waals surface area contributed by atoms with Crippen molar-refractivity contribution in [3.05, 3.63) is 51.6 Å². The van der Waals surface area contributed by atoms with Crippen molar-refractivity contribution in [2.45, 2.75) is 6.54 Å². The van der Waals surface area contributed by atoms with Crippen LogP contribution in [0.2, 0.25) is 10.3 Å². The Bertz CT molecular complexity index is 727. The molecule has 0 fully saturated rings. The van der Waals surface area contributed by atoms with Gasteiger partial charge in [-0.1, -0.05) is 29.8 Å². The molecule has 1 aromatic carbocycles. The largest absolute Gasteiger partial charge is 0.365 e. The summed E-state index contributed by atoms with van der Waals surface area (Å²) in [6, 6.07) is 9.63. The number of nitrogens with zero attached hydrogens (tertiary/aromatic N) is 2. The van der Waals surface area contributed by atoms with E-state index in [1.54, 1.807) is 11.3 Å². The molecule has 0 radical (unpaired) electrons. The minimum absolute atomic E-state index is 0.243. The van der Waals surface area contributed by atoms with Crippen LogP contribution in [0.1, 0.15) is 5.56 Å². The SMILES string of the molecule is Clc1nc(NCc2ccccc2Cl)c2sccc2n1. The van der Waals surface area contributed by atoms with Crippen molar-refractivity contribution in [1.82, 2.24) is 9.97 Å². The molecule has 3 rings (SSSR count).